The molecule has 2 atom stereocenters. The van der Waals surface area contributed by atoms with Gasteiger partial charge in [0.05, 0.1) is 0 Å². The van der Waals surface area contributed by atoms with E-state index in [0.29, 0.717) is 17.5 Å². The summed E-state index contributed by atoms with van der Waals surface area (Å²) in [7, 11) is 0. The van der Waals surface area contributed by atoms with Crippen LogP contribution in [0.4, 0.5) is 0 Å². The molecule has 2 fully saturated rings. The van der Waals surface area contributed by atoms with Crippen molar-refractivity contribution in [2.45, 2.75) is 6.54 Å². The minimum atomic E-state index is -0.264. The highest BCUT2D eigenvalue weighted by Gasteiger charge is 2.38. The van der Waals surface area contributed by atoms with Crippen molar-refractivity contribution in [3.63, 3.8) is 0 Å². The van der Waals surface area contributed by atoms with Gasteiger partial charge in [-0.15, -0.1) is 5.10 Å². The van der Waals surface area contributed by atoms with Crippen LogP contribution >= 0.6 is 0 Å². The molecule has 21 heavy (non-hydrogen) atoms. The number of amides is 1. The average Bonchev–Trinajstić information content (AvgIpc) is 3.13. The maximum atomic E-state index is 12.4. The van der Waals surface area contributed by atoms with Crippen molar-refractivity contribution < 1.29 is 4.79 Å². The fraction of sp³-hybridized carbons (Fsp3) is 0.500. The Labute approximate surface area is 121 Å². The fourth-order valence-corrected chi connectivity index (χ4v) is 3.36. The molecule has 0 spiro atoms. The number of aromatic nitrogens is 3. The minimum absolute atomic E-state index is 0.0186. The predicted molar refractivity (Wildman–Crippen MR) is 75.9 cm³/mol. The van der Waals surface area contributed by atoms with E-state index in [9.17, 15) is 9.59 Å². The summed E-state index contributed by atoms with van der Waals surface area (Å²) in [4.78, 5) is 26.4. The normalized spacial score (nSPS) is 24.7. The highest BCUT2D eigenvalue weighted by Crippen LogP contribution is 2.26. The van der Waals surface area contributed by atoms with Crippen LogP contribution < -0.4 is 11.0 Å². The third-order valence-electron chi connectivity index (χ3n) is 4.52. The second-order valence-electron chi connectivity index (χ2n) is 5.85. The first-order valence-electron chi connectivity index (χ1n) is 7.25. The van der Waals surface area contributed by atoms with Crippen LogP contribution in [0.15, 0.2) is 29.2 Å². The summed E-state index contributed by atoms with van der Waals surface area (Å²) >= 11 is 0. The van der Waals surface area contributed by atoms with Gasteiger partial charge in [0.2, 0.25) is 5.91 Å². The topological polar surface area (TPSA) is 71.6 Å². The van der Waals surface area contributed by atoms with Crippen LogP contribution in [-0.2, 0) is 11.3 Å². The predicted octanol–water partition coefficient (Wildman–Crippen LogP) is -0.826. The van der Waals surface area contributed by atoms with E-state index in [0.717, 1.165) is 26.2 Å². The molecule has 110 valence electrons. The van der Waals surface area contributed by atoms with Gasteiger partial charge < -0.3 is 10.2 Å². The summed E-state index contributed by atoms with van der Waals surface area (Å²) in [5, 5.41) is 7.55. The molecule has 7 heteroatoms. The maximum Gasteiger partial charge on any atom is 0.350 e. The number of carbonyl (C=O) groups is 1. The van der Waals surface area contributed by atoms with E-state index in [1.807, 2.05) is 11.0 Å². The van der Waals surface area contributed by atoms with Gasteiger partial charge in [-0.2, -0.15) is 0 Å². The van der Waals surface area contributed by atoms with Crippen LogP contribution in [0.25, 0.3) is 5.65 Å². The molecule has 0 unspecified atom stereocenters. The summed E-state index contributed by atoms with van der Waals surface area (Å²) in [5.41, 5.74) is 0.304. The molecule has 0 aliphatic carbocycles. The Morgan fingerprint density at radius 1 is 1.29 bits per heavy atom. The van der Waals surface area contributed by atoms with Crippen LogP contribution in [0.3, 0.4) is 0 Å². The SMILES string of the molecule is O=C(Cn1nc2ccccn2c1=O)N1C[C@H]2CNC[C@H]2C1. The van der Waals surface area contributed by atoms with Crippen molar-refractivity contribution in [1.82, 2.24) is 24.4 Å². The van der Waals surface area contributed by atoms with Crippen LogP contribution in [0.1, 0.15) is 0 Å². The third kappa shape index (κ3) is 2.04. The molecule has 4 rings (SSSR count). The second kappa shape index (κ2) is 4.70. The molecule has 0 bridgehead atoms. The lowest BCUT2D eigenvalue weighted by Crippen LogP contribution is -2.37. The summed E-state index contributed by atoms with van der Waals surface area (Å²) in [6.07, 6.45) is 1.66. The van der Waals surface area contributed by atoms with Gasteiger partial charge in [-0.25, -0.2) is 9.48 Å². The lowest BCUT2D eigenvalue weighted by molar-refractivity contribution is -0.131. The first-order chi connectivity index (χ1) is 10.2. The zero-order valence-electron chi connectivity index (χ0n) is 11.6. The standard InChI is InChI=1S/C14H17N5O2/c20-13(17-7-10-5-15-6-11(10)8-17)9-19-14(21)18-4-2-1-3-12(18)16-19/h1-4,10-11,15H,5-9H2/t10-,11+. The van der Waals surface area contributed by atoms with E-state index in [2.05, 4.69) is 10.4 Å². The number of likely N-dealkylation sites (tertiary alicyclic amines) is 1. The zero-order chi connectivity index (χ0) is 14.4. The number of pyridine rings is 1. The van der Waals surface area contributed by atoms with Gasteiger partial charge in [0.25, 0.3) is 0 Å². The molecule has 2 aliphatic rings. The summed E-state index contributed by atoms with van der Waals surface area (Å²) in [6, 6.07) is 5.35. The molecule has 2 saturated heterocycles. The molecular formula is C14H17N5O2. The third-order valence-corrected chi connectivity index (χ3v) is 4.52. The Morgan fingerprint density at radius 2 is 2.05 bits per heavy atom. The number of fused-ring (bicyclic) bond motifs is 2. The zero-order valence-corrected chi connectivity index (χ0v) is 11.6. The van der Waals surface area contributed by atoms with Crippen molar-refractivity contribution in [3.8, 4) is 0 Å². The Morgan fingerprint density at radius 3 is 2.76 bits per heavy atom. The number of rotatable bonds is 2. The van der Waals surface area contributed by atoms with Crippen molar-refractivity contribution >= 4 is 11.6 Å². The molecule has 0 saturated carbocycles. The van der Waals surface area contributed by atoms with Crippen molar-refractivity contribution in [2.75, 3.05) is 26.2 Å². The van der Waals surface area contributed by atoms with Gasteiger partial charge in [-0.1, -0.05) is 6.07 Å². The fourth-order valence-electron chi connectivity index (χ4n) is 3.36. The molecule has 2 aromatic heterocycles. The van der Waals surface area contributed by atoms with E-state index in [1.54, 1.807) is 18.3 Å². The summed E-state index contributed by atoms with van der Waals surface area (Å²) in [6.45, 7) is 3.58. The molecule has 0 aromatic carbocycles. The number of nitrogens with zero attached hydrogens (tertiary/aromatic N) is 4. The summed E-state index contributed by atoms with van der Waals surface area (Å²) in [5.74, 6) is 1.10. The molecule has 7 nitrogen and oxygen atoms in total. The highest BCUT2D eigenvalue weighted by atomic mass is 16.2. The molecule has 1 amide bonds. The molecular weight excluding hydrogens is 270 g/mol. The Hall–Kier alpha value is -2.15. The van der Waals surface area contributed by atoms with E-state index < -0.39 is 0 Å². The smallest absolute Gasteiger partial charge is 0.340 e. The lowest BCUT2D eigenvalue weighted by atomic mass is 10.0. The molecule has 1 N–H and O–H groups in total. The van der Waals surface area contributed by atoms with Gasteiger partial charge in [-0.3, -0.25) is 9.20 Å². The Bertz CT molecular complexity index is 737. The van der Waals surface area contributed by atoms with Crippen LogP contribution in [-0.4, -0.2) is 51.2 Å². The van der Waals surface area contributed by atoms with Gasteiger partial charge in [0.15, 0.2) is 5.65 Å². The molecule has 4 heterocycles. The van der Waals surface area contributed by atoms with E-state index in [-0.39, 0.29) is 18.1 Å². The van der Waals surface area contributed by atoms with Crippen molar-refractivity contribution in [1.29, 1.82) is 0 Å². The monoisotopic (exact) mass is 287 g/mol. The lowest BCUT2D eigenvalue weighted by Gasteiger charge is -2.16. The Kier molecular flexibility index (Phi) is 2.81. The van der Waals surface area contributed by atoms with Crippen LogP contribution in [0.2, 0.25) is 0 Å². The van der Waals surface area contributed by atoms with Gasteiger partial charge in [0, 0.05) is 32.4 Å². The number of nitrogens with one attached hydrogen (secondary N) is 1. The van der Waals surface area contributed by atoms with Crippen LogP contribution in [0, 0.1) is 11.8 Å². The largest absolute Gasteiger partial charge is 0.350 e. The molecule has 2 aliphatic heterocycles. The number of carbonyl (C=O) groups excluding carboxylic acids is 1. The quantitative estimate of drug-likeness (QED) is 0.783. The van der Waals surface area contributed by atoms with Gasteiger partial charge in [-0.05, 0) is 24.0 Å². The second-order valence-corrected chi connectivity index (χ2v) is 5.85. The van der Waals surface area contributed by atoms with E-state index in [4.69, 9.17) is 0 Å². The van der Waals surface area contributed by atoms with Crippen LogP contribution in [0.5, 0.6) is 0 Å². The van der Waals surface area contributed by atoms with Crippen molar-refractivity contribution in [2.24, 2.45) is 11.8 Å². The van der Waals surface area contributed by atoms with E-state index in [1.165, 1.54) is 9.08 Å². The van der Waals surface area contributed by atoms with Gasteiger partial charge >= 0.3 is 5.69 Å². The number of hydrogen-bond acceptors (Lipinski definition) is 4. The molecule has 2 aromatic rings. The minimum Gasteiger partial charge on any atom is -0.340 e. The first kappa shape index (κ1) is 12.6. The van der Waals surface area contributed by atoms with Crippen molar-refractivity contribution in [3.05, 3.63) is 34.9 Å². The first-order valence-corrected chi connectivity index (χ1v) is 7.25. The number of hydrogen-bond donors (Lipinski definition) is 1. The average molecular weight is 287 g/mol. The summed E-state index contributed by atoms with van der Waals surface area (Å²) < 4.78 is 2.71. The van der Waals surface area contributed by atoms with E-state index >= 15 is 0 Å². The molecule has 0 radical (unpaired) electrons. The Balaban J connectivity index is 1.53. The highest BCUT2D eigenvalue weighted by molar-refractivity contribution is 5.76. The van der Waals surface area contributed by atoms with Gasteiger partial charge in [0.1, 0.15) is 6.54 Å². The maximum absolute atomic E-state index is 12.4.